The van der Waals surface area contributed by atoms with Gasteiger partial charge in [0.25, 0.3) is 5.56 Å². The summed E-state index contributed by atoms with van der Waals surface area (Å²) in [4.78, 5) is 33.6. The number of phenols is 1. The van der Waals surface area contributed by atoms with E-state index in [1.165, 1.54) is 11.8 Å². The van der Waals surface area contributed by atoms with Crippen LogP contribution in [0, 0.1) is 0 Å². The van der Waals surface area contributed by atoms with Gasteiger partial charge in [-0.15, -0.1) is 0 Å². The Hall–Kier alpha value is -3.32. The molecule has 0 radical (unpaired) electrons. The summed E-state index contributed by atoms with van der Waals surface area (Å²) in [6.45, 7) is 0. The van der Waals surface area contributed by atoms with Crippen LogP contribution in [0.25, 0.3) is 0 Å². The fourth-order valence-corrected chi connectivity index (χ4v) is 5.05. The molecule has 1 aliphatic heterocycles. The summed E-state index contributed by atoms with van der Waals surface area (Å²) >= 11 is 1.47. The Bertz CT molecular complexity index is 1230. The lowest BCUT2D eigenvalue weighted by atomic mass is 9.76. The molecule has 1 unspecified atom stereocenters. The predicted molar refractivity (Wildman–Crippen MR) is 120 cm³/mol. The third-order valence-corrected chi connectivity index (χ3v) is 6.63. The van der Waals surface area contributed by atoms with Crippen molar-refractivity contribution in [1.29, 1.82) is 0 Å². The minimum absolute atomic E-state index is 0.0550. The van der Waals surface area contributed by atoms with Crippen LogP contribution in [0.5, 0.6) is 5.75 Å². The van der Waals surface area contributed by atoms with Crippen molar-refractivity contribution < 1.29 is 9.90 Å². The van der Waals surface area contributed by atoms with Crippen molar-refractivity contribution in [1.82, 2.24) is 9.97 Å². The summed E-state index contributed by atoms with van der Waals surface area (Å²) in [6, 6.07) is 16.7. The highest BCUT2D eigenvalue weighted by Gasteiger charge is 2.37. The number of aromatic amines is 1. The Morgan fingerprint density at radius 2 is 1.81 bits per heavy atom. The minimum Gasteiger partial charge on any atom is -0.508 e. The quantitative estimate of drug-likeness (QED) is 0.420. The molecule has 2 heterocycles. The number of aromatic hydroxyl groups is 1. The maximum absolute atomic E-state index is 13.2. The van der Waals surface area contributed by atoms with Gasteiger partial charge in [-0.25, -0.2) is 4.98 Å². The van der Waals surface area contributed by atoms with Gasteiger partial charge >= 0.3 is 0 Å². The van der Waals surface area contributed by atoms with Crippen molar-refractivity contribution >= 4 is 23.4 Å². The highest BCUT2D eigenvalue weighted by molar-refractivity contribution is 7.98. The number of aromatic nitrogens is 2. The average Bonchev–Trinajstić information content (AvgIpc) is 2.78. The fraction of sp³-hybridized carbons (Fsp3) is 0.208. The number of thioether (sulfide) groups is 1. The lowest BCUT2D eigenvalue weighted by Gasteiger charge is -2.32. The topological polar surface area (TPSA) is 95.1 Å². The number of benzene rings is 2. The zero-order valence-corrected chi connectivity index (χ0v) is 17.5. The van der Waals surface area contributed by atoms with E-state index in [0.717, 1.165) is 29.7 Å². The number of nitrogens with one attached hydrogen (secondary N) is 2. The second-order valence-corrected chi connectivity index (χ2v) is 8.69. The molecule has 2 aliphatic rings. The number of carbonyl (C=O) groups is 1. The van der Waals surface area contributed by atoms with Gasteiger partial charge in [-0.1, -0.05) is 54.2 Å². The number of anilines is 1. The van der Waals surface area contributed by atoms with Crippen LogP contribution in [0.1, 0.15) is 41.9 Å². The predicted octanol–water partition coefficient (Wildman–Crippen LogP) is 4.33. The summed E-state index contributed by atoms with van der Waals surface area (Å²) in [5, 5.41) is 13.5. The third kappa shape index (κ3) is 3.77. The van der Waals surface area contributed by atoms with Crippen molar-refractivity contribution in [2.24, 2.45) is 0 Å². The summed E-state index contributed by atoms with van der Waals surface area (Å²) in [6.07, 6.45) is 2.00. The van der Waals surface area contributed by atoms with Gasteiger partial charge in [-0.05, 0) is 36.1 Å². The maximum atomic E-state index is 13.2. The van der Waals surface area contributed by atoms with Gasteiger partial charge < -0.3 is 15.4 Å². The Balaban J connectivity index is 1.57. The van der Waals surface area contributed by atoms with Gasteiger partial charge in [0.05, 0.1) is 5.56 Å². The molecule has 0 saturated carbocycles. The van der Waals surface area contributed by atoms with Crippen molar-refractivity contribution in [3.8, 4) is 5.75 Å². The van der Waals surface area contributed by atoms with E-state index < -0.39 is 5.92 Å². The molecule has 7 heteroatoms. The van der Waals surface area contributed by atoms with Crippen LogP contribution < -0.4 is 10.9 Å². The number of ketones is 1. The number of carbonyl (C=O) groups excluding carboxylic acids is 1. The first-order valence-corrected chi connectivity index (χ1v) is 11.2. The minimum atomic E-state index is -0.496. The van der Waals surface area contributed by atoms with Crippen LogP contribution in [-0.2, 0) is 10.5 Å². The van der Waals surface area contributed by atoms with Gasteiger partial charge in [0.1, 0.15) is 11.6 Å². The molecule has 0 spiro atoms. The number of H-pyrrole nitrogens is 1. The van der Waals surface area contributed by atoms with Crippen LogP contribution in [0.15, 0.2) is 75.8 Å². The van der Waals surface area contributed by atoms with E-state index in [1.807, 2.05) is 30.3 Å². The second-order valence-electron chi connectivity index (χ2n) is 7.73. The Labute approximate surface area is 183 Å². The molecule has 0 amide bonds. The SMILES string of the molecule is O=C1CCCC2=C1C(c1ccc(O)cc1)c1c(nc(SCc3ccccc3)[nH]c1=O)N2. The summed E-state index contributed by atoms with van der Waals surface area (Å²) in [7, 11) is 0. The summed E-state index contributed by atoms with van der Waals surface area (Å²) in [5.41, 5.74) is 3.62. The molecule has 0 bridgehead atoms. The second kappa shape index (κ2) is 8.07. The maximum Gasteiger partial charge on any atom is 0.257 e. The highest BCUT2D eigenvalue weighted by Crippen LogP contribution is 2.43. The molecule has 156 valence electrons. The molecular weight excluding hydrogens is 410 g/mol. The van der Waals surface area contributed by atoms with Crippen LogP contribution in [-0.4, -0.2) is 20.9 Å². The Morgan fingerprint density at radius 1 is 1.03 bits per heavy atom. The smallest absolute Gasteiger partial charge is 0.257 e. The third-order valence-electron chi connectivity index (χ3n) is 5.68. The normalized spacial score (nSPS) is 17.7. The monoisotopic (exact) mass is 431 g/mol. The lowest BCUT2D eigenvalue weighted by molar-refractivity contribution is -0.116. The Morgan fingerprint density at radius 3 is 2.58 bits per heavy atom. The first kappa shape index (κ1) is 19.6. The van der Waals surface area contributed by atoms with E-state index in [4.69, 9.17) is 4.98 Å². The number of hydrogen-bond donors (Lipinski definition) is 3. The van der Waals surface area contributed by atoms with Crippen molar-refractivity contribution in [3.05, 3.63) is 92.9 Å². The van der Waals surface area contributed by atoms with E-state index in [2.05, 4.69) is 10.3 Å². The van der Waals surface area contributed by atoms with E-state index in [9.17, 15) is 14.7 Å². The molecule has 2 aromatic carbocycles. The van der Waals surface area contributed by atoms with Crippen molar-refractivity contribution in [2.75, 3.05) is 5.32 Å². The number of nitrogens with zero attached hydrogens (tertiary/aromatic N) is 1. The molecule has 31 heavy (non-hydrogen) atoms. The number of phenolic OH excluding ortho intramolecular Hbond substituents is 1. The van der Waals surface area contributed by atoms with E-state index in [-0.39, 0.29) is 17.1 Å². The number of Topliss-reactive ketones (excluding diaryl/α,β-unsaturated/α-hetero) is 1. The molecule has 0 fully saturated rings. The molecule has 3 aromatic rings. The lowest BCUT2D eigenvalue weighted by Crippen LogP contribution is -2.32. The van der Waals surface area contributed by atoms with Gasteiger partial charge in [0.2, 0.25) is 0 Å². The van der Waals surface area contributed by atoms with Gasteiger partial charge in [-0.2, -0.15) is 0 Å². The molecule has 6 nitrogen and oxygen atoms in total. The van der Waals surface area contributed by atoms with Gasteiger partial charge in [-0.3, -0.25) is 9.59 Å². The average molecular weight is 432 g/mol. The fourth-order valence-electron chi connectivity index (χ4n) is 4.23. The molecule has 1 atom stereocenters. The van der Waals surface area contributed by atoms with Crippen molar-refractivity contribution in [2.45, 2.75) is 36.1 Å². The van der Waals surface area contributed by atoms with Crippen LogP contribution in [0.3, 0.4) is 0 Å². The molecule has 3 N–H and O–H groups in total. The van der Waals surface area contributed by atoms with Crippen LogP contribution >= 0.6 is 11.8 Å². The van der Waals surface area contributed by atoms with Crippen LogP contribution in [0.2, 0.25) is 0 Å². The molecule has 0 saturated heterocycles. The largest absolute Gasteiger partial charge is 0.508 e. The number of allylic oxidation sites excluding steroid dienone is 2. The molecule has 1 aliphatic carbocycles. The van der Waals surface area contributed by atoms with E-state index in [0.29, 0.717) is 34.3 Å². The first-order chi connectivity index (χ1) is 15.1. The molecule has 5 rings (SSSR count). The van der Waals surface area contributed by atoms with E-state index in [1.54, 1.807) is 24.3 Å². The van der Waals surface area contributed by atoms with Gasteiger partial charge in [0, 0.05) is 29.4 Å². The zero-order valence-electron chi connectivity index (χ0n) is 16.7. The summed E-state index contributed by atoms with van der Waals surface area (Å²) in [5.74, 6) is 0.896. The molecular formula is C24H21N3O3S. The molecule has 1 aromatic heterocycles. The summed E-state index contributed by atoms with van der Waals surface area (Å²) < 4.78 is 0. The number of hydrogen-bond acceptors (Lipinski definition) is 6. The Kier molecular flexibility index (Phi) is 5.11. The number of rotatable bonds is 4. The standard InChI is InChI=1S/C24H21N3O3S/c28-16-11-9-15(10-12-16)19-20-17(7-4-8-18(20)29)25-22-21(19)23(30)27-24(26-22)31-13-14-5-2-1-3-6-14/h1-3,5-6,9-12,19,28H,4,7-8,13H2,(H2,25,26,27,30). The van der Waals surface area contributed by atoms with Gasteiger partial charge in [0.15, 0.2) is 10.9 Å². The first-order valence-electron chi connectivity index (χ1n) is 10.2. The van der Waals surface area contributed by atoms with Crippen molar-refractivity contribution in [3.63, 3.8) is 0 Å². The van der Waals surface area contributed by atoms with Crippen LogP contribution in [0.4, 0.5) is 5.82 Å². The zero-order chi connectivity index (χ0) is 21.4. The highest BCUT2D eigenvalue weighted by atomic mass is 32.2. The number of fused-ring (bicyclic) bond motifs is 1. The van der Waals surface area contributed by atoms with E-state index >= 15 is 0 Å².